The van der Waals surface area contributed by atoms with E-state index in [1.54, 1.807) is 6.20 Å². The third kappa shape index (κ3) is 3.11. The minimum atomic E-state index is 0.0944. The highest BCUT2D eigenvalue weighted by molar-refractivity contribution is 5.96. The molecule has 0 saturated heterocycles. The standard InChI is InChI=1S/C16H20N2O/c1-3-8-12(4-2)15(19)14-11-17-16(18-14)13-9-6-5-7-10-13/h5-7,9-12H,3-4,8H2,1-2H3,(H,17,18). The maximum absolute atomic E-state index is 12.3. The maximum Gasteiger partial charge on any atom is 0.185 e. The molecule has 0 radical (unpaired) electrons. The number of rotatable bonds is 6. The molecule has 0 aliphatic heterocycles. The van der Waals surface area contributed by atoms with E-state index in [2.05, 4.69) is 23.8 Å². The molecule has 0 saturated carbocycles. The van der Waals surface area contributed by atoms with Crippen molar-refractivity contribution >= 4 is 5.78 Å². The fourth-order valence-corrected chi connectivity index (χ4v) is 2.27. The van der Waals surface area contributed by atoms with Crippen molar-refractivity contribution in [1.29, 1.82) is 0 Å². The first-order valence-electron chi connectivity index (χ1n) is 6.91. The fraction of sp³-hybridized carbons (Fsp3) is 0.375. The van der Waals surface area contributed by atoms with Crippen LogP contribution in [-0.2, 0) is 0 Å². The molecule has 1 atom stereocenters. The number of nitrogens with zero attached hydrogens (tertiary/aromatic N) is 1. The Kier molecular flexibility index (Phi) is 4.50. The van der Waals surface area contributed by atoms with Gasteiger partial charge in [-0.2, -0.15) is 0 Å². The molecule has 0 aliphatic carbocycles. The summed E-state index contributed by atoms with van der Waals surface area (Å²) >= 11 is 0. The van der Waals surface area contributed by atoms with E-state index in [4.69, 9.17) is 0 Å². The summed E-state index contributed by atoms with van der Waals surface area (Å²) in [4.78, 5) is 19.8. The van der Waals surface area contributed by atoms with Crippen LogP contribution in [0.25, 0.3) is 11.4 Å². The van der Waals surface area contributed by atoms with Gasteiger partial charge in [0.25, 0.3) is 0 Å². The molecule has 1 unspecified atom stereocenters. The van der Waals surface area contributed by atoms with Gasteiger partial charge < -0.3 is 4.98 Å². The zero-order chi connectivity index (χ0) is 13.7. The van der Waals surface area contributed by atoms with Gasteiger partial charge in [-0.15, -0.1) is 0 Å². The van der Waals surface area contributed by atoms with Crippen LogP contribution in [0.3, 0.4) is 0 Å². The average molecular weight is 256 g/mol. The Morgan fingerprint density at radius 3 is 2.63 bits per heavy atom. The molecule has 19 heavy (non-hydrogen) atoms. The Hall–Kier alpha value is -1.90. The summed E-state index contributed by atoms with van der Waals surface area (Å²) in [5, 5.41) is 0. The average Bonchev–Trinajstić information content (AvgIpc) is 2.95. The van der Waals surface area contributed by atoms with Crippen molar-refractivity contribution in [2.24, 2.45) is 5.92 Å². The van der Waals surface area contributed by atoms with Gasteiger partial charge in [-0.3, -0.25) is 4.79 Å². The molecule has 0 bridgehead atoms. The van der Waals surface area contributed by atoms with E-state index >= 15 is 0 Å². The number of carbonyl (C=O) groups excluding carboxylic acids is 1. The van der Waals surface area contributed by atoms with Crippen molar-refractivity contribution < 1.29 is 4.79 Å². The zero-order valence-corrected chi connectivity index (χ0v) is 11.5. The number of nitrogens with one attached hydrogen (secondary N) is 1. The highest BCUT2D eigenvalue weighted by atomic mass is 16.1. The lowest BCUT2D eigenvalue weighted by atomic mass is 9.94. The quantitative estimate of drug-likeness (QED) is 0.791. The number of imidazole rings is 1. The number of hydrogen-bond acceptors (Lipinski definition) is 2. The second-order valence-corrected chi connectivity index (χ2v) is 4.76. The maximum atomic E-state index is 12.3. The van der Waals surface area contributed by atoms with Crippen molar-refractivity contribution in [2.45, 2.75) is 33.1 Å². The van der Waals surface area contributed by atoms with Crippen LogP contribution in [-0.4, -0.2) is 15.8 Å². The van der Waals surface area contributed by atoms with E-state index in [-0.39, 0.29) is 11.7 Å². The molecule has 0 spiro atoms. The van der Waals surface area contributed by atoms with Crippen LogP contribution >= 0.6 is 0 Å². The molecule has 0 amide bonds. The zero-order valence-electron chi connectivity index (χ0n) is 11.5. The molecule has 0 fully saturated rings. The third-order valence-corrected chi connectivity index (χ3v) is 3.38. The van der Waals surface area contributed by atoms with Crippen LogP contribution in [0.5, 0.6) is 0 Å². The number of Topliss-reactive ketones (excluding diaryl/α,β-unsaturated/α-hetero) is 1. The Labute approximate surface area is 114 Å². The van der Waals surface area contributed by atoms with E-state index in [1.165, 1.54) is 0 Å². The molecule has 2 aromatic rings. The van der Waals surface area contributed by atoms with Crippen molar-refractivity contribution in [2.75, 3.05) is 0 Å². The molecular weight excluding hydrogens is 236 g/mol. The van der Waals surface area contributed by atoms with Crippen LogP contribution in [0.2, 0.25) is 0 Å². The van der Waals surface area contributed by atoms with Crippen molar-refractivity contribution in [1.82, 2.24) is 9.97 Å². The fourth-order valence-electron chi connectivity index (χ4n) is 2.27. The highest BCUT2D eigenvalue weighted by Crippen LogP contribution is 2.20. The van der Waals surface area contributed by atoms with E-state index in [0.29, 0.717) is 5.69 Å². The van der Waals surface area contributed by atoms with Crippen LogP contribution in [0.4, 0.5) is 0 Å². The first-order chi connectivity index (χ1) is 9.26. The summed E-state index contributed by atoms with van der Waals surface area (Å²) in [6.07, 6.45) is 4.56. The van der Waals surface area contributed by atoms with Crippen molar-refractivity contribution in [3.05, 3.63) is 42.2 Å². The number of carbonyl (C=O) groups is 1. The van der Waals surface area contributed by atoms with E-state index in [1.807, 2.05) is 30.3 Å². The monoisotopic (exact) mass is 256 g/mol. The molecule has 1 aromatic heterocycles. The van der Waals surface area contributed by atoms with Gasteiger partial charge in [0.05, 0.1) is 0 Å². The smallest absolute Gasteiger partial charge is 0.185 e. The topological polar surface area (TPSA) is 45.8 Å². The molecule has 100 valence electrons. The lowest BCUT2D eigenvalue weighted by molar-refractivity contribution is 0.0904. The summed E-state index contributed by atoms with van der Waals surface area (Å²) in [5.41, 5.74) is 1.56. The molecule has 1 N–H and O–H groups in total. The normalized spacial score (nSPS) is 12.3. The minimum Gasteiger partial charge on any atom is -0.344 e. The van der Waals surface area contributed by atoms with Gasteiger partial charge in [-0.25, -0.2) is 4.98 Å². The van der Waals surface area contributed by atoms with E-state index < -0.39 is 0 Å². The first kappa shape index (κ1) is 13.5. The molecular formula is C16H20N2O. The second-order valence-electron chi connectivity index (χ2n) is 4.76. The van der Waals surface area contributed by atoms with Crippen LogP contribution < -0.4 is 0 Å². The van der Waals surface area contributed by atoms with Crippen LogP contribution in [0, 0.1) is 5.92 Å². The first-order valence-corrected chi connectivity index (χ1v) is 6.91. The number of ketones is 1. The number of aromatic amines is 1. The van der Waals surface area contributed by atoms with E-state index in [9.17, 15) is 4.79 Å². The second kappa shape index (κ2) is 6.32. The van der Waals surface area contributed by atoms with Gasteiger partial charge >= 0.3 is 0 Å². The largest absolute Gasteiger partial charge is 0.344 e. The number of aromatic nitrogens is 2. The molecule has 3 heteroatoms. The summed E-state index contributed by atoms with van der Waals surface area (Å²) in [6, 6.07) is 9.86. The number of benzene rings is 1. The van der Waals surface area contributed by atoms with Crippen molar-refractivity contribution in [3.8, 4) is 11.4 Å². The predicted octanol–water partition coefficient (Wildman–Crippen LogP) is 4.09. The van der Waals surface area contributed by atoms with E-state index in [0.717, 1.165) is 30.7 Å². The van der Waals surface area contributed by atoms with Crippen LogP contribution in [0.15, 0.2) is 36.5 Å². The molecule has 1 aromatic carbocycles. The van der Waals surface area contributed by atoms with Gasteiger partial charge in [0.15, 0.2) is 5.78 Å². The van der Waals surface area contributed by atoms with Gasteiger partial charge in [0, 0.05) is 17.7 Å². The molecule has 2 rings (SSSR count). The summed E-state index contributed by atoms with van der Waals surface area (Å²) in [7, 11) is 0. The molecule has 0 aliphatic rings. The molecule has 1 heterocycles. The van der Waals surface area contributed by atoms with Gasteiger partial charge in [-0.05, 0) is 12.8 Å². The van der Waals surface area contributed by atoms with Gasteiger partial charge in [0.2, 0.25) is 0 Å². The lowest BCUT2D eigenvalue weighted by Gasteiger charge is -2.09. The minimum absolute atomic E-state index is 0.0944. The SMILES string of the molecule is CCCC(CC)C(=O)c1c[nH]c(-c2ccccc2)n1. The van der Waals surface area contributed by atoms with Gasteiger partial charge in [-0.1, -0.05) is 50.6 Å². The Morgan fingerprint density at radius 1 is 1.26 bits per heavy atom. The number of hydrogen-bond donors (Lipinski definition) is 1. The number of H-pyrrole nitrogens is 1. The van der Waals surface area contributed by atoms with Crippen molar-refractivity contribution in [3.63, 3.8) is 0 Å². The summed E-state index contributed by atoms with van der Waals surface area (Å²) in [5.74, 6) is 1.01. The Bertz CT molecular complexity index is 531. The predicted molar refractivity (Wildman–Crippen MR) is 77.0 cm³/mol. The Balaban J connectivity index is 2.19. The lowest BCUT2D eigenvalue weighted by Crippen LogP contribution is -2.14. The third-order valence-electron chi connectivity index (χ3n) is 3.38. The highest BCUT2D eigenvalue weighted by Gasteiger charge is 2.20. The van der Waals surface area contributed by atoms with Crippen LogP contribution in [0.1, 0.15) is 43.6 Å². The molecule has 3 nitrogen and oxygen atoms in total. The van der Waals surface area contributed by atoms with Gasteiger partial charge in [0.1, 0.15) is 11.5 Å². The summed E-state index contributed by atoms with van der Waals surface area (Å²) in [6.45, 7) is 4.17. The summed E-state index contributed by atoms with van der Waals surface area (Å²) < 4.78 is 0. The Morgan fingerprint density at radius 2 is 2.00 bits per heavy atom.